The van der Waals surface area contributed by atoms with Crippen LogP contribution in [0.25, 0.3) is 11.3 Å². The van der Waals surface area contributed by atoms with E-state index in [-0.39, 0.29) is 12.5 Å². The van der Waals surface area contributed by atoms with Gasteiger partial charge in [0.1, 0.15) is 0 Å². The summed E-state index contributed by atoms with van der Waals surface area (Å²) < 4.78 is 5.26. The van der Waals surface area contributed by atoms with Gasteiger partial charge in [0.25, 0.3) is 0 Å². The summed E-state index contributed by atoms with van der Waals surface area (Å²) in [7, 11) is 5.64. The summed E-state index contributed by atoms with van der Waals surface area (Å²) in [6, 6.07) is 18.6. The number of carbonyl (C=O) groups is 2. The minimum atomic E-state index is -0.986. The number of aliphatic carboxylic acids is 1. The first-order chi connectivity index (χ1) is 16.3. The molecular weight excluding hydrogens is 432 g/mol. The summed E-state index contributed by atoms with van der Waals surface area (Å²) >= 11 is 0. The van der Waals surface area contributed by atoms with E-state index in [2.05, 4.69) is 10.3 Å². The van der Waals surface area contributed by atoms with Crippen molar-refractivity contribution >= 4 is 29.1 Å². The van der Waals surface area contributed by atoms with Crippen molar-refractivity contribution in [3.8, 4) is 11.3 Å². The van der Waals surface area contributed by atoms with Gasteiger partial charge >= 0.3 is 12.0 Å². The lowest BCUT2D eigenvalue weighted by molar-refractivity contribution is -0.149. The minimum absolute atomic E-state index is 0.241. The van der Waals surface area contributed by atoms with Crippen LogP contribution in [0.3, 0.4) is 0 Å². The molecule has 8 heteroatoms. The Labute approximate surface area is 199 Å². The van der Waals surface area contributed by atoms with Crippen molar-refractivity contribution < 1.29 is 19.4 Å². The number of nitrogens with zero attached hydrogens (tertiary/aromatic N) is 3. The first kappa shape index (κ1) is 24.7. The molecule has 0 bridgehead atoms. The summed E-state index contributed by atoms with van der Waals surface area (Å²) in [4.78, 5) is 31.9. The monoisotopic (exact) mass is 462 g/mol. The maximum atomic E-state index is 12.6. The van der Waals surface area contributed by atoms with Crippen LogP contribution in [0.5, 0.6) is 0 Å². The summed E-state index contributed by atoms with van der Waals surface area (Å²) in [5, 5.41) is 12.1. The molecule has 1 unspecified atom stereocenters. The zero-order valence-corrected chi connectivity index (χ0v) is 19.9. The predicted molar refractivity (Wildman–Crippen MR) is 135 cm³/mol. The number of urea groups is 1. The topological polar surface area (TPSA) is 95.0 Å². The molecular formula is C26H30N4O4. The van der Waals surface area contributed by atoms with Crippen molar-refractivity contribution in [3.63, 3.8) is 0 Å². The molecule has 0 radical (unpaired) electrons. The first-order valence-electron chi connectivity index (χ1n) is 11.0. The lowest BCUT2D eigenvalue weighted by atomic mass is 10.1. The van der Waals surface area contributed by atoms with Crippen LogP contribution in [-0.4, -0.2) is 55.9 Å². The lowest BCUT2D eigenvalue weighted by Crippen LogP contribution is -2.31. The highest BCUT2D eigenvalue weighted by molar-refractivity contribution is 6.01. The van der Waals surface area contributed by atoms with E-state index in [9.17, 15) is 14.7 Å². The predicted octanol–water partition coefficient (Wildman–Crippen LogP) is 4.52. The molecule has 1 atom stereocenters. The second-order valence-corrected chi connectivity index (χ2v) is 8.02. The fraction of sp³-hybridized carbons (Fsp3) is 0.269. The molecule has 3 aromatic rings. The van der Waals surface area contributed by atoms with E-state index in [0.29, 0.717) is 6.61 Å². The molecule has 34 heavy (non-hydrogen) atoms. The number of carbonyl (C=O) groups excluding carboxylic acids is 1. The number of amides is 2. The maximum absolute atomic E-state index is 12.6. The molecule has 0 fully saturated rings. The van der Waals surface area contributed by atoms with Gasteiger partial charge in [-0.15, -0.1) is 0 Å². The third-order valence-corrected chi connectivity index (χ3v) is 5.38. The van der Waals surface area contributed by atoms with Crippen molar-refractivity contribution in [1.82, 2.24) is 4.98 Å². The van der Waals surface area contributed by atoms with E-state index >= 15 is 0 Å². The van der Waals surface area contributed by atoms with Gasteiger partial charge < -0.3 is 20.1 Å². The van der Waals surface area contributed by atoms with Gasteiger partial charge in [-0.05, 0) is 55.0 Å². The minimum Gasteiger partial charge on any atom is -0.479 e. The quantitative estimate of drug-likeness (QED) is 0.486. The third kappa shape index (κ3) is 6.32. The van der Waals surface area contributed by atoms with Crippen molar-refractivity contribution in [1.29, 1.82) is 0 Å². The molecule has 178 valence electrons. The van der Waals surface area contributed by atoms with Crippen molar-refractivity contribution in [2.24, 2.45) is 0 Å². The number of hydrogen-bond donors (Lipinski definition) is 2. The average molecular weight is 463 g/mol. The van der Waals surface area contributed by atoms with Crippen LogP contribution in [0.15, 0.2) is 66.9 Å². The molecule has 1 aromatic heterocycles. The number of pyridine rings is 1. The summed E-state index contributed by atoms with van der Waals surface area (Å²) in [6.07, 6.45) is 1.04. The van der Waals surface area contributed by atoms with Crippen LogP contribution >= 0.6 is 0 Å². The Morgan fingerprint density at radius 1 is 0.971 bits per heavy atom. The normalized spacial score (nSPS) is 11.5. The van der Waals surface area contributed by atoms with E-state index in [4.69, 9.17) is 4.74 Å². The third-order valence-electron chi connectivity index (χ3n) is 5.38. The van der Waals surface area contributed by atoms with E-state index in [0.717, 1.165) is 33.9 Å². The summed E-state index contributed by atoms with van der Waals surface area (Å²) in [5.41, 5.74) is 4.95. The highest BCUT2D eigenvalue weighted by Gasteiger charge is 2.18. The first-order valence-corrected chi connectivity index (χ1v) is 11.0. The Morgan fingerprint density at radius 2 is 1.62 bits per heavy atom. The fourth-order valence-electron chi connectivity index (χ4n) is 3.37. The Morgan fingerprint density at radius 3 is 2.15 bits per heavy atom. The van der Waals surface area contributed by atoms with E-state index in [1.807, 2.05) is 79.7 Å². The maximum Gasteiger partial charge on any atom is 0.333 e. The number of carboxylic acid groups (broad SMARTS) is 1. The van der Waals surface area contributed by atoms with Gasteiger partial charge in [-0.2, -0.15) is 0 Å². The van der Waals surface area contributed by atoms with Crippen LogP contribution < -0.4 is 15.1 Å². The average Bonchev–Trinajstić information content (AvgIpc) is 2.84. The SMILES string of the molecule is CCOC(Cc1ccc(-c2ccc(N(C)C(=O)Nc3ccc(N(C)C)cc3)cc2)nc1)C(=O)O. The number of anilines is 3. The van der Waals surface area contributed by atoms with Gasteiger partial charge in [0, 0.05) is 63.0 Å². The second kappa shape index (κ2) is 11.3. The fourth-order valence-corrected chi connectivity index (χ4v) is 3.37. The second-order valence-electron chi connectivity index (χ2n) is 8.02. The molecule has 0 saturated heterocycles. The Balaban J connectivity index is 1.63. The van der Waals surface area contributed by atoms with Crippen LogP contribution in [-0.2, 0) is 16.0 Å². The molecule has 1 heterocycles. The highest BCUT2D eigenvalue weighted by atomic mass is 16.5. The number of carboxylic acids is 1. The Bertz CT molecular complexity index is 1100. The van der Waals surface area contributed by atoms with Crippen LogP contribution in [0, 0.1) is 0 Å². The standard InChI is InChI=1S/C26H30N4O4/c1-5-34-24(25(31)32)16-18-6-15-23(27-17-18)19-7-11-22(12-8-19)30(4)26(33)28-20-9-13-21(14-10-20)29(2)3/h6-15,17,24H,5,16H2,1-4H3,(H,28,33)(H,31,32). The van der Waals surface area contributed by atoms with Gasteiger partial charge in [-0.1, -0.05) is 18.2 Å². The molecule has 8 nitrogen and oxygen atoms in total. The van der Waals surface area contributed by atoms with Crippen molar-refractivity contribution in [2.75, 3.05) is 42.9 Å². The molecule has 0 aliphatic carbocycles. The van der Waals surface area contributed by atoms with Crippen LogP contribution in [0.2, 0.25) is 0 Å². The molecule has 0 aliphatic heterocycles. The zero-order valence-electron chi connectivity index (χ0n) is 19.9. The van der Waals surface area contributed by atoms with E-state index < -0.39 is 12.1 Å². The summed E-state index contributed by atoms with van der Waals surface area (Å²) in [6.45, 7) is 2.11. The van der Waals surface area contributed by atoms with Gasteiger partial charge in [0.05, 0.1) is 5.69 Å². The number of rotatable bonds is 9. The lowest BCUT2D eigenvalue weighted by Gasteiger charge is -2.19. The zero-order chi connectivity index (χ0) is 24.7. The largest absolute Gasteiger partial charge is 0.479 e. The molecule has 0 spiro atoms. The van der Waals surface area contributed by atoms with Gasteiger partial charge in [0.15, 0.2) is 6.10 Å². The van der Waals surface area contributed by atoms with Crippen LogP contribution in [0.4, 0.5) is 21.9 Å². The van der Waals surface area contributed by atoms with Crippen molar-refractivity contribution in [2.45, 2.75) is 19.4 Å². The van der Waals surface area contributed by atoms with E-state index in [1.54, 1.807) is 25.1 Å². The molecule has 3 rings (SSSR count). The Hall–Kier alpha value is -3.91. The number of ether oxygens (including phenoxy) is 1. The van der Waals surface area contributed by atoms with Gasteiger partial charge in [-0.25, -0.2) is 9.59 Å². The molecule has 2 amide bonds. The van der Waals surface area contributed by atoms with E-state index in [1.165, 1.54) is 0 Å². The Kier molecular flexibility index (Phi) is 8.21. The molecule has 0 aliphatic rings. The van der Waals surface area contributed by atoms with Crippen molar-refractivity contribution in [3.05, 3.63) is 72.4 Å². The molecule has 0 saturated carbocycles. The summed E-state index contributed by atoms with van der Waals surface area (Å²) in [5.74, 6) is -0.986. The van der Waals surface area contributed by atoms with Crippen LogP contribution in [0.1, 0.15) is 12.5 Å². The number of nitrogens with one attached hydrogen (secondary N) is 1. The number of aromatic nitrogens is 1. The molecule has 2 N–H and O–H groups in total. The van der Waals surface area contributed by atoms with Gasteiger partial charge in [-0.3, -0.25) is 9.88 Å². The number of benzene rings is 2. The molecule has 2 aromatic carbocycles. The highest BCUT2D eigenvalue weighted by Crippen LogP contribution is 2.23. The number of hydrogen-bond acceptors (Lipinski definition) is 5. The van der Waals surface area contributed by atoms with Gasteiger partial charge in [0.2, 0.25) is 0 Å². The smallest absolute Gasteiger partial charge is 0.333 e.